The van der Waals surface area contributed by atoms with E-state index < -0.39 is 23.7 Å². The zero-order valence-electron chi connectivity index (χ0n) is 16.3. The fourth-order valence-electron chi connectivity index (χ4n) is 3.57. The molecule has 30 heavy (non-hydrogen) atoms. The number of primary amides is 1. The lowest BCUT2D eigenvalue weighted by molar-refractivity contribution is -0.121. The van der Waals surface area contributed by atoms with E-state index in [1.165, 1.54) is 10.7 Å². The highest BCUT2D eigenvalue weighted by Gasteiger charge is 2.36. The Morgan fingerprint density at radius 1 is 1.27 bits per heavy atom. The van der Waals surface area contributed by atoms with Gasteiger partial charge in [0.2, 0.25) is 11.8 Å². The second-order valence-electron chi connectivity index (χ2n) is 7.24. The summed E-state index contributed by atoms with van der Waals surface area (Å²) in [6.45, 7) is 2.26. The number of nitrogens with zero attached hydrogens (tertiary/aromatic N) is 2. The maximum atomic E-state index is 14.0. The molecule has 3 N–H and O–H groups in total. The molecule has 2 heterocycles. The first kappa shape index (κ1) is 19.8. The molecule has 1 saturated heterocycles. The maximum absolute atomic E-state index is 14.0. The molecular weight excluding hydrogens is 387 g/mol. The van der Waals surface area contributed by atoms with E-state index >= 15 is 0 Å². The quantitative estimate of drug-likeness (QED) is 0.677. The fraction of sp³-hybridized carbons (Fsp3) is 0.227. The van der Waals surface area contributed by atoms with Crippen molar-refractivity contribution in [1.29, 1.82) is 0 Å². The van der Waals surface area contributed by atoms with E-state index in [4.69, 9.17) is 10.5 Å². The van der Waals surface area contributed by atoms with Crippen molar-refractivity contribution in [2.45, 2.75) is 19.4 Å². The number of nitrogens with two attached hydrogens (primary N) is 1. The Morgan fingerprint density at radius 2 is 2.07 bits per heavy atom. The Balaban J connectivity index is 1.55. The monoisotopic (exact) mass is 408 g/mol. The van der Waals surface area contributed by atoms with Crippen molar-refractivity contribution in [3.8, 4) is 5.69 Å². The smallest absolute Gasteiger partial charge is 0.248 e. The van der Waals surface area contributed by atoms with Gasteiger partial charge in [-0.3, -0.25) is 9.59 Å². The Kier molecular flexibility index (Phi) is 5.33. The third-order valence-electron chi connectivity index (χ3n) is 5.24. The van der Waals surface area contributed by atoms with Crippen LogP contribution in [0.15, 0.2) is 54.9 Å². The highest BCUT2D eigenvalue weighted by atomic mass is 19.1. The maximum Gasteiger partial charge on any atom is 0.248 e. The Bertz CT molecular complexity index is 1110. The SMILES string of the molecule is Cc1ccc(C(N)=O)cc1NC(=O)C1CCOC1c1cnn(-c2ccccc2F)c1. The van der Waals surface area contributed by atoms with Crippen molar-refractivity contribution in [2.24, 2.45) is 11.7 Å². The molecule has 0 aliphatic carbocycles. The molecule has 1 aliphatic heterocycles. The number of rotatable bonds is 5. The summed E-state index contributed by atoms with van der Waals surface area (Å²) in [7, 11) is 0. The molecule has 8 heteroatoms. The van der Waals surface area contributed by atoms with Gasteiger partial charge in [-0.1, -0.05) is 18.2 Å². The molecule has 154 valence electrons. The lowest BCUT2D eigenvalue weighted by Crippen LogP contribution is -2.26. The number of amides is 2. The van der Waals surface area contributed by atoms with E-state index in [-0.39, 0.29) is 5.91 Å². The molecule has 1 aliphatic rings. The van der Waals surface area contributed by atoms with Crippen LogP contribution >= 0.6 is 0 Å². The van der Waals surface area contributed by atoms with E-state index in [1.807, 2.05) is 6.92 Å². The predicted molar refractivity (Wildman–Crippen MR) is 109 cm³/mol. The predicted octanol–water partition coefficient (Wildman–Crippen LogP) is 3.14. The van der Waals surface area contributed by atoms with Crippen molar-refractivity contribution >= 4 is 17.5 Å². The molecule has 3 aromatic rings. The number of carbonyl (C=O) groups excluding carboxylic acids is 2. The minimum atomic E-state index is -0.562. The number of anilines is 1. The first-order chi connectivity index (χ1) is 14.4. The summed E-state index contributed by atoms with van der Waals surface area (Å²) >= 11 is 0. The third-order valence-corrected chi connectivity index (χ3v) is 5.24. The molecule has 1 fully saturated rings. The van der Waals surface area contributed by atoms with Crippen LogP contribution in [0, 0.1) is 18.7 Å². The third kappa shape index (κ3) is 3.81. The topological polar surface area (TPSA) is 99.2 Å². The first-order valence-corrected chi connectivity index (χ1v) is 9.56. The number of aromatic nitrogens is 2. The number of ether oxygens (including phenoxy) is 1. The van der Waals surface area contributed by atoms with Gasteiger partial charge in [-0.2, -0.15) is 5.10 Å². The molecule has 2 amide bonds. The van der Waals surface area contributed by atoms with Gasteiger partial charge in [0, 0.05) is 29.6 Å². The number of para-hydroxylation sites is 1. The van der Waals surface area contributed by atoms with Gasteiger partial charge in [0.15, 0.2) is 0 Å². The van der Waals surface area contributed by atoms with E-state index in [0.717, 1.165) is 5.56 Å². The fourth-order valence-corrected chi connectivity index (χ4v) is 3.57. The normalized spacial score (nSPS) is 18.3. The van der Waals surface area contributed by atoms with E-state index in [1.54, 1.807) is 48.8 Å². The molecule has 1 aromatic heterocycles. The number of benzene rings is 2. The van der Waals surface area contributed by atoms with Gasteiger partial charge in [0.05, 0.1) is 18.2 Å². The molecule has 0 saturated carbocycles. The van der Waals surface area contributed by atoms with Crippen molar-refractivity contribution in [3.05, 3.63) is 77.4 Å². The van der Waals surface area contributed by atoms with Crippen molar-refractivity contribution in [2.75, 3.05) is 11.9 Å². The zero-order valence-corrected chi connectivity index (χ0v) is 16.3. The number of nitrogens with one attached hydrogen (secondary N) is 1. The van der Waals surface area contributed by atoms with Gasteiger partial charge in [-0.05, 0) is 43.2 Å². The Morgan fingerprint density at radius 3 is 2.83 bits per heavy atom. The number of carbonyl (C=O) groups is 2. The van der Waals surface area contributed by atoms with Crippen molar-refractivity contribution in [3.63, 3.8) is 0 Å². The summed E-state index contributed by atoms with van der Waals surface area (Å²) < 4.78 is 21.3. The molecule has 2 atom stereocenters. The van der Waals surface area contributed by atoms with Crippen LogP contribution in [0.25, 0.3) is 5.69 Å². The number of halogens is 1. The van der Waals surface area contributed by atoms with Gasteiger partial charge in [-0.15, -0.1) is 0 Å². The summed E-state index contributed by atoms with van der Waals surface area (Å²) in [5, 5.41) is 7.11. The second kappa shape index (κ2) is 8.08. The largest absolute Gasteiger partial charge is 0.373 e. The average molecular weight is 408 g/mol. The van der Waals surface area contributed by atoms with Gasteiger partial charge >= 0.3 is 0 Å². The van der Waals surface area contributed by atoms with Crippen LogP contribution in [0.5, 0.6) is 0 Å². The molecule has 0 radical (unpaired) electrons. The lowest BCUT2D eigenvalue weighted by atomic mass is 9.96. The van der Waals surface area contributed by atoms with Crippen molar-refractivity contribution < 1.29 is 18.7 Å². The van der Waals surface area contributed by atoms with Crippen LogP contribution in [-0.2, 0) is 9.53 Å². The number of aryl methyl sites for hydroxylation is 1. The molecule has 0 bridgehead atoms. The molecule has 2 unspecified atom stereocenters. The standard InChI is InChI=1S/C22H21FN4O3/c1-13-6-7-14(21(24)28)10-18(13)26-22(29)16-8-9-30-20(16)15-11-25-27(12-15)19-5-3-2-4-17(19)23/h2-7,10-12,16,20H,8-9H2,1H3,(H2,24,28)(H,26,29). The Labute approximate surface area is 172 Å². The van der Waals surface area contributed by atoms with E-state index in [0.29, 0.717) is 35.5 Å². The highest BCUT2D eigenvalue weighted by molar-refractivity contribution is 5.97. The van der Waals surface area contributed by atoms with Crippen LogP contribution in [0.4, 0.5) is 10.1 Å². The van der Waals surface area contributed by atoms with Crippen LogP contribution < -0.4 is 11.1 Å². The van der Waals surface area contributed by atoms with Crippen LogP contribution in [0.3, 0.4) is 0 Å². The van der Waals surface area contributed by atoms with Gasteiger partial charge in [-0.25, -0.2) is 9.07 Å². The van der Waals surface area contributed by atoms with Crippen molar-refractivity contribution in [1.82, 2.24) is 9.78 Å². The molecule has 2 aromatic carbocycles. The van der Waals surface area contributed by atoms with E-state index in [9.17, 15) is 14.0 Å². The molecule has 4 rings (SSSR count). The number of hydrogen-bond acceptors (Lipinski definition) is 4. The second-order valence-corrected chi connectivity index (χ2v) is 7.24. The van der Waals surface area contributed by atoms with Gasteiger partial charge in [0.25, 0.3) is 0 Å². The minimum Gasteiger partial charge on any atom is -0.373 e. The summed E-state index contributed by atoms with van der Waals surface area (Å²) in [5.74, 6) is -1.62. The van der Waals surface area contributed by atoms with Gasteiger partial charge in [0.1, 0.15) is 11.5 Å². The number of hydrogen-bond donors (Lipinski definition) is 2. The lowest BCUT2D eigenvalue weighted by Gasteiger charge is -2.18. The van der Waals surface area contributed by atoms with Crippen LogP contribution in [0.1, 0.15) is 34.0 Å². The summed E-state index contributed by atoms with van der Waals surface area (Å²) in [4.78, 5) is 24.4. The molecule has 7 nitrogen and oxygen atoms in total. The first-order valence-electron chi connectivity index (χ1n) is 9.56. The Hall–Kier alpha value is -3.52. The summed E-state index contributed by atoms with van der Waals surface area (Å²) in [5.41, 5.74) is 8.02. The average Bonchev–Trinajstić information content (AvgIpc) is 3.39. The molecule has 0 spiro atoms. The van der Waals surface area contributed by atoms with Crippen LogP contribution in [0.2, 0.25) is 0 Å². The molecular formula is C22H21FN4O3. The highest BCUT2D eigenvalue weighted by Crippen LogP contribution is 2.36. The van der Waals surface area contributed by atoms with Gasteiger partial charge < -0.3 is 15.8 Å². The van der Waals surface area contributed by atoms with E-state index in [2.05, 4.69) is 10.4 Å². The summed E-state index contributed by atoms with van der Waals surface area (Å²) in [6.07, 6.45) is 3.30. The van der Waals surface area contributed by atoms with Crippen LogP contribution in [-0.4, -0.2) is 28.2 Å². The summed E-state index contributed by atoms with van der Waals surface area (Å²) in [6, 6.07) is 11.2. The zero-order chi connectivity index (χ0) is 21.3. The minimum absolute atomic E-state index is 0.221.